The number of amides is 1. The number of hydrogen-bond donors (Lipinski definition) is 0. The van der Waals surface area contributed by atoms with Crippen LogP contribution in [0.1, 0.15) is 85.6 Å². The molecule has 222 valence electrons. The summed E-state index contributed by atoms with van der Waals surface area (Å²) in [7, 11) is 2.10. The molecule has 2 aliphatic rings. The van der Waals surface area contributed by atoms with Gasteiger partial charge in [-0.25, -0.2) is 9.50 Å². The van der Waals surface area contributed by atoms with Gasteiger partial charge in [0.15, 0.2) is 5.65 Å². The van der Waals surface area contributed by atoms with Crippen molar-refractivity contribution < 1.29 is 14.4 Å². The average molecular weight is 563 g/mol. The van der Waals surface area contributed by atoms with Crippen molar-refractivity contribution in [3.05, 3.63) is 52.8 Å². The third-order valence-electron chi connectivity index (χ3n) is 8.09. The van der Waals surface area contributed by atoms with E-state index in [2.05, 4.69) is 79.9 Å². The lowest BCUT2D eigenvalue weighted by Gasteiger charge is -2.36. The molecule has 0 radical (unpaired) electrons. The van der Waals surface area contributed by atoms with Crippen LogP contribution in [0.2, 0.25) is 0 Å². The maximum Gasteiger partial charge on any atom is 0.256 e. The minimum atomic E-state index is -0.0344. The van der Waals surface area contributed by atoms with Crippen LogP contribution in [0.15, 0.2) is 30.5 Å². The highest BCUT2D eigenvalue weighted by Crippen LogP contribution is 2.34. The van der Waals surface area contributed by atoms with Crippen molar-refractivity contribution in [2.45, 2.75) is 72.3 Å². The number of carbonyl (C=O) groups is 3. The monoisotopic (exact) mass is 562 g/mol. The molecule has 1 aromatic carbocycles. The molecule has 2 fully saturated rings. The molecule has 2 saturated heterocycles. The van der Waals surface area contributed by atoms with Crippen LogP contribution in [-0.2, 0) is 9.59 Å². The Hall–Kier alpha value is -3.75. The number of benzene rings is 1. The number of rotatable bonds is 7. The van der Waals surface area contributed by atoms with Crippen LogP contribution in [0.4, 0.5) is 11.5 Å². The number of fused-ring (bicyclic) bond motifs is 1. The van der Waals surface area contributed by atoms with Crippen LogP contribution in [-0.4, -0.2) is 72.2 Å². The Kier molecular flexibility index (Phi) is 11.4. The predicted octanol–water partition coefficient (Wildman–Crippen LogP) is 5.43. The molecule has 2 atom stereocenters. The minimum absolute atomic E-state index is 0.0344. The lowest BCUT2D eigenvalue weighted by atomic mass is 9.97. The first kappa shape index (κ1) is 31.8. The molecular weight excluding hydrogens is 516 g/mol. The van der Waals surface area contributed by atoms with E-state index in [-0.39, 0.29) is 11.9 Å². The number of piperidine rings is 1. The van der Waals surface area contributed by atoms with Crippen molar-refractivity contribution >= 4 is 36.6 Å². The van der Waals surface area contributed by atoms with Gasteiger partial charge in [0, 0.05) is 56.7 Å². The third-order valence-corrected chi connectivity index (χ3v) is 8.09. The van der Waals surface area contributed by atoms with Crippen LogP contribution in [0.3, 0.4) is 0 Å². The Bertz CT molecular complexity index is 1310. The topological polar surface area (TPSA) is 91.1 Å². The first-order valence-electron chi connectivity index (χ1n) is 14.7. The third kappa shape index (κ3) is 7.13. The molecule has 0 saturated carbocycles. The highest BCUT2D eigenvalue weighted by molar-refractivity contribution is 6.00. The van der Waals surface area contributed by atoms with Gasteiger partial charge in [0.05, 0.1) is 17.3 Å². The van der Waals surface area contributed by atoms with Crippen molar-refractivity contribution in [1.29, 1.82) is 0 Å². The van der Waals surface area contributed by atoms with Gasteiger partial charge in [0.1, 0.15) is 19.4 Å². The Morgan fingerprint density at radius 2 is 1.83 bits per heavy atom. The molecule has 2 aliphatic heterocycles. The van der Waals surface area contributed by atoms with E-state index in [1.165, 1.54) is 6.42 Å². The summed E-state index contributed by atoms with van der Waals surface area (Å²) in [6, 6.07) is 8.34. The van der Waals surface area contributed by atoms with Gasteiger partial charge in [0.2, 0.25) is 0 Å². The van der Waals surface area contributed by atoms with E-state index >= 15 is 0 Å². The fourth-order valence-electron chi connectivity index (χ4n) is 5.94. The average Bonchev–Trinajstić information content (AvgIpc) is 3.62. The SMILES string of the molecule is C=O.C=O.CCCCN(C)c1ccc(C)cc1C(=O)N1CCCC[C@H]1c1cc2nc(N3CC[C@H](C)C3)c(C)cn2n1. The van der Waals surface area contributed by atoms with Crippen LogP contribution in [0.25, 0.3) is 5.65 Å². The maximum atomic E-state index is 14.1. The highest BCUT2D eigenvalue weighted by Gasteiger charge is 2.32. The van der Waals surface area contributed by atoms with Gasteiger partial charge in [-0.05, 0) is 64.0 Å². The summed E-state index contributed by atoms with van der Waals surface area (Å²) in [5.74, 6) is 1.88. The molecule has 1 amide bonds. The summed E-state index contributed by atoms with van der Waals surface area (Å²) in [6.45, 7) is 16.5. The quantitative estimate of drug-likeness (QED) is 0.379. The summed E-state index contributed by atoms with van der Waals surface area (Å²) in [6.07, 6.45) is 8.60. The van der Waals surface area contributed by atoms with Gasteiger partial charge in [-0.1, -0.05) is 31.9 Å². The predicted molar refractivity (Wildman–Crippen MR) is 165 cm³/mol. The van der Waals surface area contributed by atoms with E-state index in [0.717, 1.165) is 97.8 Å². The zero-order valence-corrected chi connectivity index (χ0v) is 25.4. The van der Waals surface area contributed by atoms with Gasteiger partial charge in [-0.3, -0.25) is 4.79 Å². The second kappa shape index (κ2) is 14.8. The Morgan fingerprint density at radius 1 is 1.07 bits per heavy atom. The Balaban J connectivity index is 0.00000111. The van der Waals surface area contributed by atoms with Crippen LogP contribution < -0.4 is 9.80 Å². The van der Waals surface area contributed by atoms with Crippen molar-refractivity contribution in [3.8, 4) is 0 Å². The molecule has 2 aromatic heterocycles. The van der Waals surface area contributed by atoms with E-state index in [9.17, 15) is 4.79 Å². The van der Waals surface area contributed by atoms with Gasteiger partial charge < -0.3 is 24.3 Å². The van der Waals surface area contributed by atoms with Gasteiger partial charge in [-0.15, -0.1) is 0 Å². The number of nitrogens with zero attached hydrogens (tertiary/aromatic N) is 6. The van der Waals surface area contributed by atoms with Gasteiger partial charge >= 0.3 is 0 Å². The lowest BCUT2D eigenvalue weighted by molar-refractivity contribution is -0.0987. The molecule has 5 rings (SSSR count). The number of carbonyl (C=O) groups excluding carboxylic acids is 3. The first-order valence-corrected chi connectivity index (χ1v) is 14.7. The molecule has 0 N–H and O–H groups in total. The summed E-state index contributed by atoms with van der Waals surface area (Å²) < 4.78 is 1.90. The fraction of sp³-hybridized carbons (Fsp3) is 0.531. The molecule has 0 aliphatic carbocycles. The number of likely N-dealkylation sites (tertiary alicyclic amines) is 1. The second-order valence-corrected chi connectivity index (χ2v) is 11.3. The number of hydrogen-bond acceptors (Lipinski definition) is 7. The molecule has 0 bridgehead atoms. The van der Waals surface area contributed by atoms with E-state index in [1.807, 2.05) is 18.1 Å². The van der Waals surface area contributed by atoms with E-state index in [1.54, 1.807) is 0 Å². The smallest absolute Gasteiger partial charge is 0.256 e. The van der Waals surface area contributed by atoms with Crippen molar-refractivity contribution in [1.82, 2.24) is 19.5 Å². The van der Waals surface area contributed by atoms with Crippen LogP contribution in [0, 0.1) is 19.8 Å². The lowest BCUT2D eigenvalue weighted by Crippen LogP contribution is -2.39. The molecule has 9 heteroatoms. The van der Waals surface area contributed by atoms with Crippen molar-refractivity contribution in [2.24, 2.45) is 5.92 Å². The fourth-order valence-corrected chi connectivity index (χ4v) is 5.94. The van der Waals surface area contributed by atoms with E-state index < -0.39 is 0 Å². The normalized spacial score (nSPS) is 18.4. The zero-order chi connectivity index (χ0) is 30.1. The van der Waals surface area contributed by atoms with Crippen molar-refractivity contribution in [3.63, 3.8) is 0 Å². The summed E-state index contributed by atoms with van der Waals surface area (Å²) in [5, 5.41) is 4.95. The Labute approximate surface area is 244 Å². The van der Waals surface area contributed by atoms with Crippen LogP contribution >= 0.6 is 0 Å². The number of aromatic nitrogens is 3. The maximum absolute atomic E-state index is 14.1. The number of unbranched alkanes of at least 4 members (excludes halogenated alkanes) is 1. The molecular formula is C32H46N6O3. The molecule has 4 heterocycles. The molecule has 3 aromatic rings. The number of anilines is 2. The standard InChI is InChI=1S/C30H42N6O.2CH2O/c1-6-7-14-33(5)26-12-11-21(2)17-24(26)30(37)35-15-9-8-10-27(35)25-18-28-31-29(23(4)20-36(28)32-25)34-16-13-22(3)19-34;2*1-2/h11-12,17-18,20,22,27H,6-10,13-16,19H2,1-5H3;2*1H2/t22-,27-;;/m0../s1. The summed E-state index contributed by atoms with van der Waals surface area (Å²) in [4.78, 5) is 41.8. The molecule has 0 spiro atoms. The summed E-state index contributed by atoms with van der Waals surface area (Å²) >= 11 is 0. The zero-order valence-electron chi connectivity index (χ0n) is 25.4. The van der Waals surface area contributed by atoms with Crippen molar-refractivity contribution in [2.75, 3.05) is 43.0 Å². The first-order chi connectivity index (χ1) is 19.9. The van der Waals surface area contributed by atoms with E-state index in [0.29, 0.717) is 5.92 Å². The minimum Gasteiger partial charge on any atom is -0.374 e. The molecule has 9 nitrogen and oxygen atoms in total. The van der Waals surface area contributed by atoms with Gasteiger partial charge in [-0.2, -0.15) is 5.10 Å². The molecule has 41 heavy (non-hydrogen) atoms. The number of aryl methyl sites for hydroxylation is 2. The van der Waals surface area contributed by atoms with Crippen LogP contribution in [0.5, 0.6) is 0 Å². The van der Waals surface area contributed by atoms with Gasteiger partial charge in [0.25, 0.3) is 5.91 Å². The molecule has 0 unspecified atom stereocenters. The largest absolute Gasteiger partial charge is 0.374 e. The second-order valence-electron chi connectivity index (χ2n) is 11.3. The summed E-state index contributed by atoms with van der Waals surface area (Å²) in [5.41, 5.74) is 5.89. The Morgan fingerprint density at radius 3 is 2.51 bits per heavy atom. The highest BCUT2D eigenvalue weighted by atomic mass is 16.2. The van der Waals surface area contributed by atoms with E-state index in [4.69, 9.17) is 19.7 Å².